The van der Waals surface area contributed by atoms with Crippen molar-refractivity contribution >= 4 is 35.1 Å². The topological polar surface area (TPSA) is 66.9 Å². The van der Waals surface area contributed by atoms with Gasteiger partial charge in [-0.25, -0.2) is 4.79 Å². The van der Waals surface area contributed by atoms with E-state index in [4.69, 9.17) is 16.3 Å². The second-order valence-electron chi connectivity index (χ2n) is 6.63. The first-order valence-electron chi connectivity index (χ1n) is 8.57. The second-order valence-corrected chi connectivity index (χ2v) is 7.07. The van der Waals surface area contributed by atoms with E-state index in [1.165, 1.54) is 16.8 Å². The molecule has 1 saturated heterocycles. The number of fused-ring (bicyclic) bond motifs is 3. The van der Waals surface area contributed by atoms with Gasteiger partial charge in [-0.05, 0) is 29.8 Å². The lowest BCUT2D eigenvalue weighted by Crippen LogP contribution is -2.67. The van der Waals surface area contributed by atoms with Crippen LogP contribution < -0.4 is 4.90 Å². The average Bonchev–Trinajstić information content (AvgIpc) is 3.03. The van der Waals surface area contributed by atoms with Crippen LogP contribution in [0.3, 0.4) is 0 Å². The Kier molecular flexibility index (Phi) is 4.15. The maximum absolute atomic E-state index is 13.1. The molecule has 6 nitrogen and oxygen atoms in total. The van der Waals surface area contributed by atoms with Crippen molar-refractivity contribution in [1.82, 2.24) is 4.90 Å². The first-order chi connectivity index (χ1) is 12.9. The largest absolute Gasteiger partial charge is 0.458 e. The van der Waals surface area contributed by atoms with E-state index in [9.17, 15) is 14.4 Å². The molecule has 0 N–H and O–H groups in total. The lowest BCUT2D eigenvalue weighted by molar-refractivity contribution is -0.157. The van der Waals surface area contributed by atoms with E-state index in [-0.39, 0.29) is 31.3 Å². The summed E-state index contributed by atoms with van der Waals surface area (Å²) in [5.41, 5.74) is 0.116. The summed E-state index contributed by atoms with van der Waals surface area (Å²) in [4.78, 5) is 41.3. The van der Waals surface area contributed by atoms with Crippen molar-refractivity contribution in [3.05, 3.63) is 64.7 Å². The third-order valence-corrected chi connectivity index (χ3v) is 5.36. The van der Waals surface area contributed by atoms with Gasteiger partial charge in [-0.15, -0.1) is 0 Å². The average molecular weight is 385 g/mol. The van der Waals surface area contributed by atoms with Crippen LogP contribution in [-0.2, 0) is 20.9 Å². The van der Waals surface area contributed by atoms with Crippen LogP contribution in [0.4, 0.5) is 5.69 Å². The number of hydrogen-bond acceptors (Lipinski definition) is 4. The first kappa shape index (κ1) is 17.5. The molecule has 0 aromatic heterocycles. The number of likely N-dealkylation sites (N-methyl/N-ethyl adjacent to an activating group) is 1. The number of hydrogen-bond donors (Lipinski definition) is 0. The molecule has 2 amide bonds. The maximum Gasteiger partial charge on any atom is 0.354 e. The molecule has 138 valence electrons. The molecule has 4 rings (SSSR count). The van der Waals surface area contributed by atoms with Crippen molar-refractivity contribution in [1.29, 1.82) is 0 Å². The summed E-state index contributed by atoms with van der Waals surface area (Å²) >= 11 is 5.97. The molecule has 0 aliphatic carbocycles. The zero-order valence-electron chi connectivity index (χ0n) is 14.6. The number of nitrogens with zero attached hydrogens (tertiary/aromatic N) is 2. The molecule has 0 unspecified atom stereocenters. The predicted molar refractivity (Wildman–Crippen MR) is 99.2 cm³/mol. The monoisotopic (exact) mass is 384 g/mol. The highest BCUT2D eigenvalue weighted by molar-refractivity contribution is 6.30. The number of benzene rings is 2. The van der Waals surface area contributed by atoms with Crippen molar-refractivity contribution in [3.63, 3.8) is 0 Å². The van der Waals surface area contributed by atoms with Crippen molar-refractivity contribution < 1.29 is 19.1 Å². The molecule has 1 atom stereocenters. The highest BCUT2D eigenvalue weighted by Gasteiger charge is 2.60. The molecular formula is C20H17ClN2O4. The van der Waals surface area contributed by atoms with E-state index in [1.54, 1.807) is 48.5 Å². The minimum Gasteiger partial charge on any atom is -0.458 e. The molecule has 27 heavy (non-hydrogen) atoms. The molecule has 2 aliphatic heterocycles. The molecule has 0 saturated carbocycles. The summed E-state index contributed by atoms with van der Waals surface area (Å²) < 4.78 is 5.52. The van der Waals surface area contributed by atoms with Crippen LogP contribution in [0.1, 0.15) is 28.8 Å². The molecule has 2 aromatic rings. The van der Waals surface area contributed by atoms with E-state index in [0.717, 1.165) is 5.56 Å². The Balaban J connectivity index is 1.70. The molecule has 7 heteroatoms. The predicted octanol–water partition coefficient (Wildman–Crippen LogP) is 2.99. The van der Waals surface area contributed by atoms with Crippen LogP contribution in [-0.4, -0.2) is 35.4 Å². The minimum absolute atomic E-state index is 0.00680. The van der Waals surface area contributed by atoms with Gasteiger partial charge in [0.05, 0.1) is 11.3 Å². The quantitative estimate of drug-likeness (QED) is 0.763. The van der Waals surface area contributed by atoms with Gasteiger partial charge in [-0.1, -0.05) is 35.9 Å². The Morgan fingerprint density at radius 3 is 2.74 bits per heavy atom. The third kappa shape index (κ3) is 2.59. The van der Waals surface area contributed by atoms with Crippen LogP contribution in [0.25, 0.3) is 0 Å². The van der Waals surface area contributed by atoms with Gasteiger partial charge in [0.1, 0.15) is 6.61 Å². The van der Waals surface area contributed by atoms with Gasteiger partial charge in [0.15, 0.2) is 0 Å². The molecule has 0 bridgehead atoms. The van der Waals surface area contributed by atoms with E-state index >= 15 is 0 Å². The fourth-order valence-electron chi connectivity index (χ4n) is 3.78. The van der Waals surface area contributed by atoms with Crippen LogP contribution in [0.2, 0.25) is 5.02 Å². The number of para-hydroxylation sites is 1. The van der Waals surface area contributed by atoms with Gasteiger partial charge in [0, 0.05) is 24.9 Å². The van der Waals surface area contributed by atoms with E-state index in [0.29, 0.717) is 16.3 Å². The number of rotatable bonds is 3. The minimum atomic E-state index is -1.46. The van der Waals surface area contributed by atoms with E-state index < -0.39 is 11.6 Å². The van der Waals surface area contributed by atoms with Crippen molar-refractivity contribution in [2.45, 2.75) is 25.1 Å². The normalized spacial score (nSPS) is 21.1. The number of ether oxygens (including phenoxy) is 1. The Labute approximate surface area is 161 Å². The number of carbonyl (C=O) groups is 3. The molecule has 2 aliphatic rings. The fraction of sp³-hybridized carbons (Fsp3) is 0.250. The summed E-state index contributed by atoms with van der Waals surface area (Å²) in [7, 11) is 1.53. The van der Waals surface area contributed by atoms with Gasteiger partial charge < -0.3 is 9.64 Å². The van der Waals surface area contributed by atoms with Gasteiger partial charge in [0.25, 0.3) is 5.91 Å². The van der Waals surface area contributed by atoms with Crippen molar-refractivity contribution in [2.24, 2.45) is 0 Å². The number of esters is 1. The molecule has 0 radical (unpaired) electrons. The van der Waals surface area contributed by atoms with Crippen molar-refractivity contribution in [3.8, 4) is 0 Å². The molecule has 2 aromatic carbocycles. The fourth-order valence-corrected chi connectivity index (χ4v) is 3.99. The lowest BCUT2D eigenvalue weighted by atomic mass is 9.97. The molecule has 1 fully saturated rings. The Morgan fingerprint density at radius 1 is 1.19 bits per heavy atom. The summed E-state index contributed by atoms with van der Waals surface area (Å²) in [5, 5.41) is 0.540. The Morgan fingerprint density at radius 2 is 1.96 bits per heavy atom. The molecule has 2 heterocycles. The highest BCUT2D eigenvalue weighted by Crippen LogP contribution is 2.44. The van der Waals surface area contributed by atoms with E-state index in [2.05, 4.69) is 0 Å². The number of anilines is 1. The zero-order chi connectivity index (χ0) is 19.2. The van der Waals surface area contributed by atoms with Gasteiger partial charge in [-0.2, -0.15) is 0 Å². The lowest BCUT2D eigenvalue weighted by Gasteiger charge is -2.46. The van der Waals surface area contributed by atoms with Gasteiger partial charge in [-0.3, -0.25) is 14.5 Å². The van der Waals surface area contributed by atoms with Crippen LogP contribution in [0.15, 0.2) is 48.5 Å². The summed E-state index contributed by atoms with van der Waals surface area (Å²) in [6, 6.07) is 13.8. The zero-order valence-corrected chi connectivity index (χ0v) is 15.4. The Hall–Kier alpha value is -2.86. The van der Waals surface area contributed by atoms with Crippen LogP contribution in [0, 0.1) is 0 Å². The molecular weight excluding hydrogens is 368 g/mol. The highest BCUT2D eigenvalue weighted by atomic mass is 35.5. The standard InChI is InChI=1S/C20H17ClN2O4/c1-22-18(25)15-7-2-3-8-16(15)23-17(24)9-10-20(22,23)19(26)27-12-13-5-4-6-14(21)11-13/h2-8,11H,9-10,12H2,1H3/t20-/m0/s1. The molecule has 0 spiro atoms. The van der Waals surface area contributed by atoms with Gasteiger partial charge >= 0.3 is 5.97 Å². The SMILES string of the molecule is CN1C(=O)c2ccccc2N2C(=O)CC[C@]12C(=O)OCc1cccc(Cl)c1. The maximum atomic E-state index is 13.1. The second kappa shape index (κ2) is 6.39. The summed E-state index contributed by atoms with van der Waals surface area (Å²) in [5.74, 6) is -1.14. The van der Waals surface area contributed by atoms with Gasteiger partial charge in [0.2, 0.25) is 11.6 Å². The van der Waals surface area contributed by atoms with Crippen LogP contribution >= 0.6 is 11.6 Å². The smallest absolute Gasteiger partial charge is 0.354 e. The third-order valence-electron chi connectivity index (χ3n) is 5.13. The summed E-state index contributed by atoms with van der Waals surface area (Å²) in [6.07, 6.45) is 0.356. The number of carbonyl (C=O) groups excluding carboxylic acids is 3. The Bertz CT molecular complexity index is 961. The van der Waals surface area contributed by atoms with Crippen molar-refractivity contribution in [2.75, 3.05) is 11.9 Å². The number of amides is 2. The summed E-state index contributed by atoms with van der Waals surface area (Å²) in [6.45, 7) is 0.00680. The first-order valence-corrected chi connectivity index (χ1v) is 8.95. The van der Waals surface area contributed by atoms with E-state index in [1.807, 2.05) is 0 Å². The number of halogens is 1. The van der Waals surface area contributed by atoms with Crippen LogP contribution in [0.5, 0.6) is 0 Å².